The Morgan fingerprint density at radius 1 is 1.16 bits per heavy atom. The fourth-order valence-corrected chi connectivity index (χ4v) is 4.35. The van der Waals surface area contributed by atoms with Crippen LogP contribution in [0.5, 0.6) is 0 Å². The first-order chi connectivity index (χ1) is 15.0. The van der Waals surface area contributed by atoms with Crippen molar-refractivity contribution >= 4 is 39.3 Å². The lowest BCUT2D eigenvalue weighted by atomic mass is 9.89. The number of carbonyl (C=O) groups excluding carboxylic acids is 2. The molecule has 1 saturated heterocycles. The van der Waals surface area contributed by atoms with Crippen molar-refractivity contribution in [3.8, 4) is 0 Å². The number of hydrogen-bond acceptors (Lipinski definition) is 5. The van der Waals surface area contributed by atoms with Crippen molar-refractivity contribution in [3.05, 3.63) is 48.5 Å². The number of likely N-dealkylation sites (tertiary alicyclic amines) is 1. The number of hydrogen-bond donors (Lipinski definition) is 2. The number of nitrogens with one attached hydrogen (secondary N) is 2. The van der Waals surface area contributed by atoms with Crippen LogP contribution in [-0.2, 0) is 16.6 Å². The lowest BCUT2D eigenvalue weighted by Gasteiger charge is -2.38. The topological polar surface area (TPSA) is 109 Å². The van der Waals surface area contributed by atoms with E-state index in [1.807, 2.05) is 31.4 Å². The molecular weight excluding hydrogens is 394 g/mol. The zero-order valence-corrected chi connectivity index (χ0v) is 17.4. The highest BCUT2D eigenvalue weighted by molar-refractivity contribution is 6.40. The van der Waals surface area contributed by atoms with E-state index in [-0.39, 0.29) is 6.04 Å². The average Bonchev–Trinajstić information content (AvgIpc) is 3.38. The van der Waals surface area contributed by atoms with Gasteiger partial charge in [0.2, 0.25) is 0 Å². The van der Waals surface area contributed by atoms with E-state index >= 15 is 0 Å². The van der Waals surface area contributed by atoms with Crippen LogP contribution >= 0.6 is 0 Å². The predicted octanol–water partition coefficient (Wildman–Crippen LogP) is 2.78. The summed E-state index contributed by atoms with van der Waals surface area (Å²) in [6.45, 7) is 2.63. The molecule has 4 aromatic rings. The third-order valence-electron chi connectivity index (χ3n) is 5.91. The molecule has 0 spiro atoms. The summed E-state index contributed by atoms with van der Waals surface area (Å²) >= 11 is 0. The van der Waals surface area contributed by atoms with Crippen LogP contribution in [0.3, 0.4) is 0 Å². The van der Waals surface area contributed by atoms with Crippen molar-refractivity contribution in [1.82, 2.24) is 29.9 Å². The van der Waals surface area contributed by atoms with Crippen LogP contribution in [0.15, 0.2) is 43.0 Å². The number of pyridine rings is 1. The number of aryl methyl sites for hydroxylation is 1. The number of H-pyrrole nitrogens is 1. The van der Waals surface area contributed by atoms with Crippen LogP contribution in [0.2, 0.25) is 0 Å². The SMILES string of the molecule is C[C@H]1CC[C@H](c2ccc3cn(C)nc3c2)N(C(=O)C(=O)Nc2cncc3cn[nH]c23)C1. The van der Waals surface area contributed by atoms with Crippen molar-refractivity contribution in [2.24, 2.45) is 13.0 Å². The van der Waals surface area contributed by atoms with Crippen LogP contribution in [-0.4, -0.2) is 48.2 Å². The number of carbonyl (C=O) groups is 2. The van der Waals surface area contributed by atoms with E-state index in [1.165, 1.54) is 6.20 Å². The molecule has 9 heteroatoms. The Bertz CT molecular complexity index is 1290. The molecule has 1 aromatic carbocycles. The summed E-state index contributed by atoms with van der Waals surface area (Å²) in [5, 5.41) is 15.8. The molecule has 0 unspecified atom stereocenters. The quantitative estimate of drug-likeness (QED) is 0.488. The number of fused-ring (bicyclic) bond motifs is 2. The Hall–Kier alpha value is -3.75. The molecule has 31 heavy (non-hydrogen) atoms. The van der Waals surface area contributed by atoms with Gasteiger partial charge in [-0.3, -0.25) is 24.4 Å². The molecule has 1 fully saturated rings. The Morgan fingerprint density at radius 2 is 2.03 bits per heavy atom. The van der Waals surface area contributed by atoms with Gasteiger partial charge >= 0.3 is 11.8 Å². The van der Waals surface area contributed by atoms with E-state index in [4.69, 9.17) is 0 Å². The molecular formula is C22H23N7O2. The van der Waals surface area contributed by atoms with E-state index in [2.05, 4.69) is 32.5 Å². The maximum absolute atomic E-state index is 13.2. The Kier molecular flexibility index (Phi) is 4.65. The fraction of sp³-hybridized carbons (Fsp3) is 0.318. The lowest BCUT2D eigenvalue weighted by Crippen LogP contribution is -2.46. The van der Waals surface area contributed by atoms with Crippen LogP contribution < -0.4 is 5.32 Å². The number of aromatic amines is 1. The van der Waals surface area contributed by atoms with Crippen LogP contribution in [0.25, 0.3) is 21.8 Å². The summed E-state index contributed by atoms with van der Waals surface area (Å²) in [7, 11) is 1.89. The Morgan fingerprint density at radius 3 is 2.90 bits per heavy atom. The molecule has 158 valence electrons. The molecule has 1 aliphatic rings. The lowest BCUT2D eigenvalue weighted by molar-refractivity contribution is -0.146. The third kappa shape index (κ3) is 3.52. The minimum atomic E-state index is -0.679. The summed E-state index contributed by atoms with van der Waals surface area (Å²) in [6.07, 6.45) is 8.53. The summed E-state index contributed by atoms with van der Waals surface area (Å²) < 4.78 is 1.78. The number of amides is 2. The number of aromatic nitrogens is 5. The first-order valence-electron chi connectivity index (χ1n) is 10.3. The minimum Gasteiger partial charge on any atom is -0.327 e. The summed E-state index contributed by atoms with van der Waals surface area (Å²) in [4.78, 5) is 31.9. The fourth-order valence-electron chi connectivity index (χ4n) is 4.35. The van der Waals surface area contributed by atoms with Gasteiger partial charge in [0.15, 0.2) is 0 Å². The highest BCUT2D eigenvalue weighted by Gasteiger charge is 2.34. The van der Waals surface area contributed by atoms with E-state index in [9.17, 15) is 9.59 Å². The molecule has 2 atom stereocenters. The second-order valence-electron chi connectivity index (χ2n) is 8.25. The zero-order valence-electron chi connectivity index (χ0n) is 17.4. The van der Waals surface area contributed by atoms with Gasteiger partial charge in [-0.05, 0) is 30.4 Å². The minimum absolute atomic E-state index is 0.165. The molecule has 2 amide bonds. The largest absolute Gasteiger partial charge is 0.327 e. The van der Waals surface area contributed by atoms with Crippen LogP contribution in [0, 0.1) is 5.92 Å². The second-order valence-corrected chi connectivity index (χ2v) is 8.25. The molecule has 0 radical (unpaired) electrons. The van der Waals surface area contributed by atoms with E-state index in [1.54, 1.807) is 22.0 Å². The summed E-state index contributed by atoms with van der Waals surface area (Å²) in [5.41, 5.74) is 2.95. The van der Waals surface area contributed by atoms with Crippen molar-refractivity contribution in [2.45, 2.75) is 25.8 Å². The van der Waals surface area contributed by atoms with Gasteiger partial charge in [-0.2, -0.15) is 10.2 Å². The standard InChI is InChI=1S/C22H23N7O2/c1-13-3-6-19(14-4-5-15-12-28(2)27-17(15)7-14)29(11-13)22(31)21(30)25-18-10-23-8-16-9-24-26-20(16)18/h4-5,7-10,12-13,19H,3,6,11H2,1-2H3,(H,24,26)(H,25,30)/t13-,19+/m0/s1. The molecule has 0 saturated carbocycles. The van der Waals surface area contributed by atoms with Gasteiger partial charge in [0, 0.05) is 36.8 Å². The molecule has 3 aromatic heterocycles. The van der Waals surface area contributed by atoms with Crippen molar-refractivity contribution in [2.75, 3.05) is 11.9 Å². The van der Waals surface area contributed by atoms with Crippen molar-refractivity contribution < 1.29 is 9.59 Å². The maximum atomic E-state index is 13.2. The molecule has 0 bridgehead atoms. The van der Waals surface area contributed by atoms with E-state index in [0.29, 0.717) is 23.7 Å². The van der Waals surface area contributed by atoms with Crippen LogP contribution in [0.4, 0.5) is 5.69 Å². The van der Waals surface area contributed by atoms with E-state index < -0.39 is 11.8 Å². The Labute approximate surface area is 178 Å². The highest BCUT2D eigenvalue weighted by Crippen LogP contribution is 2.34. The van der Waals surface area contributed by atoms with Gasteiger partial charge in [-0.25, -0.2) is 0 Å². The third-order valence-corrected chi connectivity index (χ3v) is 5.91. The summed E-state index contributed by atoms with van der Waals surface area (Å²) in [6, 6.07) is 5.90. The van der Waals surface area contributed by atoms with E-state index in [0.717, 1.165) is 34.7 Å². The molecule has 2 N–H and O–H groups in total. The van der Waals surface area contributed by atoms with Crippen molar-refractivity contribution in [3.63, 3.8) is 0 Å². The van der Waals surface area contributed by atoms with Gasteiger partial charge in [0.05, 0.1) is 35.2 Å². The Balaban J connectivity index is 1.42. The number of rotatable bonds is 2. The smallest absolute Gasteiger partial charge is 0.314 e. The predicted molar refractivity (Wildman–Crippen MR) is 116 cm³/mol. The zero-order chi connectivity index (χ0) is 21.5. The molecule has 1 aliphatic heterocycles. The van der Waals surface area contributed by atoms with Crippen molar-refractivity contribution in [1.29, 1.82) is 0 Å². The highest BCUT2D eigenvalue weighted by atomic mass is 16.2. The monoisotopic (exact) mass is 417 g/mol. The summed E-state index contributed by atoms with van der Waals surface area (Å²) in [5.74, 6) is -0.902. The normalized spacial score (nSPS) is 19.1. The second kappa shape index (κ2) is 7.50. The first-order valence-corrected chi connectivity index (χ1v) is 10.3. The molecule has 0 aliphatic carbocycles. The maximum Gasteiger partial charge on any atom is 0.314 e. The average molecular weight is 417 g/mol. The van der Waals surface area contributed by atoms with Gasteiger partial charge in [-0.1, -0.05) is 19.1 Å². The van der Waals surface area contributed by atoms with Gasteiger partial charge < -0.3 is 10.2 Å². The first kappa shape index (κ1) is 19.2. The number of nitrogens with zero attached hydrogens (tertiary/aromatic N) is 5. The van der Waals surface area contributed by atoms with Gasteiger partial charge in [0.1, 0.15) is 0 Å². The number of piperidine rings is 1. The number of anilines is 1. The number of benzene rings is 1. The molecule has 5 rings (SSSR count). The van der Waals surface area contributed by atoms with Gasteiger partial charge in [-0.15, -0.1) is 0 Å². The molecule has 9 nitrogen and oxygen atoms in total. The van der Waals surface area contributed by atoms with Gasteiger partial charge in [0.25, 0.3) is 0 Å². The van der Waals surface area contributed by atoms with Crippen LogP contribution in [0.1, 0.15) is 31.4 Å². The molecule has 4 heterocycles.